The Morgan fingerprint density at radius 1 is 1.25 bits per heavy atom. The second-order valence-corrected chi connectivity index (χ2v) is 7.78. The maximum atomic E-state index is 12.7. The number of hydrogen-bond acceptors (Lipinski definition) is 6. The Balaban J connectivity index is 0.00000196. The molecule has 1 N–H and O–H groups in total. The number of halogens is 2. The predicted molar refractivity (Wildman–Crippen MR) is 114 cm³/mol. The largest absolute Gasteiger partial charge is 0.340 e. The van der Waals surface area contributed by atoms with Gasteiger partial charge in [-0.2, -0.15) is 4.98 Å². The number of carbonyl (C=O) groups excluding carboxylic acids is 1. The summed E-state index contributed by atoms with van der Waals surface area (Å²) in [7, 11) is 0. The number of piperidine rings is 1. The molecule has 0 radical (unpaired) electrons. The van der Waals surface area contributed by atoms with E-state index in [0.717, 1.165) is 51.5 Å². The van der Waals surface area contributed by atoms with Crippen molar-refractivity contribution >= 4 is 30.7 Å². The van der Waals surface area contributed by atoms with E-state index in [1.807, 2.05) is 11.8 Å². The Morgan fingerprint density at radius 2 is 1.96 bits per heavy atom. The van der Waals surface area contributed by atoms with Crippen molar-refractivity contribution in [3.63, 3.8) is 0 Å². The van der Waals surface area contributed by atoms with Crippen LogP contribution < -0.4 is 5.32 Å². The van der Waals surface area contributed by atoms with E-state index < -0.39 is 0 Å². The topological polar surface area (TPSA) is 74.5 Å². The minimum atomic E-state index is 0. The average molecular weight is 436 g/mol. The van der Waals surface area contributed by atoms with Crippen LogP contribution in [-0.2, 0) is 11.2 Å². The second-order valence-electron chi connectivity index (χ2n) is 7.78. The number of rotatable bonds is 6. The number of hydrogen-bond donors (Lipinski definition) is 1. The summed E-state index contributed by atoms with van der Waals surface area (Å²) in [5, 5.41) is 7.45. The number of amides is 1. The van der Waals surface area contributed by atoms with Gasteiger partial charge in [-0.05, 0) is 44.7 Å². The van der Waals surface area contributed by atoms with Gasteiger partial charge in [0.15, 0.2) is 5.82 Å². The van der Waals surface area contributed by atoms with E-state index in [0.29, 0.717) is 30.1 Å². The van der Waals surface area contributed by atoms with Crippen LogP contribution in [0.25, 0.3) is 0 Å². The highest BCUT2D eigenvalue weighted by Gasteiger charge is 2.29. The first-order valence-corrected chi connectivity index (χ1v) is 10.1. The van der Waals surface area contributed by atoms with E-state index in [2.05, 4.69) is 34.2 Å². The fourth-order valence-corrected chi connectivity index (χ4v) is 4.03. The normalized spacial score (nSPS) is 22.7. The summed E-state index contributed by atoms with van der Waals surface area (Å²) in [5.41, 5.74) is 0. The van der Waals surface area contributed by atoms with Crippen LogP contribution in [-0.4, -0.2) is 65.1 Å². The summed E-state index contributed by atoms with van der Waals surface area (Å²) >= 11 is 0. The molecule has 9 heteroatoms. The van der Waals surface area contributed by atoms with E-state index in [1.54, 1.807) is 0 Å². The van der Waals surface area contributed by atoms with E-state index in [-0.39, 0.29) is 30.9 Å². The van der Waals surface area contributed by atoms with Crippen molar-refractivity contribution in [3.05, 3.63) is 11.7 Å². The summed E-state index contributed by atoms with van der Waals surface area (Å²) in [6.07, 6.45) is 3.93. The quantitative estimate of drug-likeness (QED) is 0.739. The SMILES string of the molecule is CCc1noc(C(C)N2CCN(C(=O)CC(C)C3CCCNC3)CC2)n1.Cl.Cl. The van der Waals surface area contributed by atoms with Crippen molar-refractivity contribution in [1.29, 1.82) is 0 Å². The summed E-state index contributed by atoms with van der Waals surface area (Å²) in [6, 6.07) is 0.104. The van der Waals surface area contributed by atoms with Crippen LogP contribution in [0.4, 0.5) is 0 Å². The van der Waals surface area contributed by atoms with Gasteiger partial charge in [0.25, 0.3) is 0 Å². The van der Waals surface area contributed by atoms with Gasteiger partial charge in [0.2, 0.25) is 11.8 Å². The van der Waals surface area contributed by atoms with Crippen LogP contribution in [0.3, 0.4) is 0 Å². The highest BCUT2D eigenvalue weighted by molar-refractivity contribution is 5.85. The molecule has 2 fully saturated rings. The Labute approximate surface area is 180 Å². The van der Waals surface area contributed by atoms with E-state index >= 15 is 0 Å². The van der Waals surface area contributed by atoms with Gasteiger partial charge in [-0.15, -0.1) is 24.8 Å². The molecule has 1 amide bonds. The van der Waals surface area contributed by atoms with Crippen LogP contribution in [0.5, 0.6) is 0 Å². The molecule has 2 aliphatic rings. The van der Waals surface area contributed by atoms with E-state index in [1.165, 1.54) is 12.8 Å². The lowest BCUT2D eigenvalue weighted by Crippen LogP contribution is -2.49. The fraction of sp³-hybridized carbons (Fsp3) is 0.842. The molecule has 2 aliphatic heterocycles. The number of aryl methyl sites for hydroxylation is 1. The van der Waals surface area contributed by atoms with Crippen molar-refractivity contribution in [2.75, 3.05) is 39.3 Å². The molecule has 2 saturated heterocycles. The molecule has 3 atom stereocenters. The number of aromatic nitrogens is 2. The molecule has 0 aromatic carbocycles. The van der Waals surface area contributed by atoms with E-state index in [4.69, 9.17) is 4.52 Å². The third kappa shape index (κ3) is 6.31. The van der Waals surface area contributed by atoms with Gasteiger partial charge in [-0.1, -0.05) is 19.0 Å². The van der Waals surface area contributed by atoms with Gasteiger partial charge in [0.05, 0.1) is 6.04 Å². The van der Waals surface area contributed by atoms with Crippen molar-refractivity contribution < 1.29 is 9.32 Å². The third-order valence-corrected chi connectivity index (χ3v) is 6.01. The van der Waals surface area contributed by atoms with Crippen LogP contribution >= 0.6 is 24.8 Å². The molecular weight excluding hydrogens is 401 g/mol. The zero-order chi connectivity index (χ0) is 18.5. The zero-order valence-corrected chi connectivity index (χ0v) is 18.9. The minimum absolute atomic E-state index is 0. The molecule has 7 nitrogen and oxygen atoms in total. The molecule has 28 heavy (non-hydrogen) atoms. The van der Waals surface area contributed by atoms with Crippen molar-refractivity contribution in [3.8, 4) is 0 Å². The molecule has 162 valence electrons. The first-order valence-electron chi connectivity index (χ1n) is 10.1. The monoisotopic (exact) mass is 435 g/mol. The average Bonchev–Trinajstić information content (AvgIpc) is 3.17. The number of piperazine rings is 1. The Bertz CT molecular complexity index is 587. The molecule has 1 aromatic heterocycles. The number of carbonyl (C=O) groups is 1. The molecule has 1 aromatic rings. The zero-order valence-electron chi connectivity index (χ0n) is 17.2. The summed E-state index contributed by atoms with van der Waals surface area (Å²) in [4.78, 5) is 21.5. The molecule has 0 bridgehead atoms. The molecule has 0 spiro atoms. The van der Waals surface area contributed by atoms with Crippen molar-refractivity contribution in [1.82, 2.24) is 25.3 Å². The Kier molecular flexibility index (Phi) is 10.7. The van der Waals surface area contributed by atoms with Gasteiger partial charge in [-0.3, -0.25) is 9.69 Å². The number of nitrogens with zero attached hydrogens (tertiary/aromatic N) is 4. The highest BCUT2D eigenvalue weighted by Crippen LogP contribution is 2.24. The Morgan fingerprint density at radius 3 is 2.54 bits per heavy atom. The molecular formula is C19H35Cl2N5O2. The Hall–Kier alpha value is -0.890. The lowest BCUT2D eigenvalue weighted by Gasteiger charge is -2.37. The first-order chi connectivity index (χ1) is 12.6. The van der Waals surface area contributed by atoms with E-state index in [9.17, 15) is 4.79 Å². The number of nitrogens with one attached hydrogen (secondary N) is 1. The van der Waals surface area contributed by atoms with Gasteiger partial charge >= 0.3 is 0 Å². The molecule has 3 heterocycles. The lowest BCUT2D eigenvalue weighted by atomic mass is 9.85. The lowest BCUT2D eigenvalue weighted by molar-refractivity contribution is -0.134. The first kappa shape index (κ1) is 25.1. The van der Waals surface area contributed by atoms with Gasteiger partial charge in [0, 0.05) is 39.0 Å². The van der Waals surface area contributed by atoms with Gasteiger partial charge < -0.3 is 14.7 Å². The minimum Gasteiger partial charge on any atom is -0.340 e. The molecule has 0 saturated carbocycles. The van der Waals surface area contributed by atoms with Crippen LogP contribution in [0.15, 0.2) is 4.52 Å². The summed E-state index contributed by atoms with van der Waals surface area (Å²) < 4.78 is 5.38. The maximum Gasteiger partial charge on any atom is 0.243 e. The standard InChI is InChI=1S/C19H33N5O2.2ClH/c1-4-17-21-19(26-22-17)15(3)23-8-10-24(11-9-23)18(25)12-14(2)16-6-5-7-20-13-16;;/h14-16,20H,4-13H2,1-3H3;2*1H. The molecule has 3 unspecified atom stereocenters. The highest BCUT2D eigenvalue weighted by atomic mass is 35.5. The fourth-order valence-electron chi connectivity index (χ4n) is 4.03. The van der Waals surface area contributed by atoms with Crippen molar-refractivity contribution in [2.24, 2.45) is 11.8 Å². The van der Waals surface area contributed by atoms with Gasteiger partial charge in [-0.25, -0.2) is 0 Å². The third-order valence-electron chi connectivity index (χ3n) is 6.01. The smallest absolute Gasteiger partial charge is 0.243 e. The maximum absolute atomic E-state index is 12.7. The van der Waals surface area contributed by atoms with Crippen molar-refractivity contribution in [2.45, 2.75) is 52.5 Å². The summed E-state index contributed by atoms with van der Waals surface area (Å²) in [5.74, 6) is 2.84. The molecule has 0 aliphatic carbocycles. The summed E-state index contributed by atoms with van der Waals surface area (Å²) in [6.45, 7) is 11.8. The second kappa shape index (κ2) is 12.0. The molecule has 3 rings (SSSR count). The van der Waals surface area contributed by atoms with Crippen LogP contribution in [0.1, 0.15) is 57.8 Å². The van der Waals surface area contributed by atoms with Crippen LogP contribution in [0.2, 0.25) is 0 Å². The van der Waals surface area contributed by atoms with Gasteiger partial charge in [0.1, 0.15) is 0 Å². The predicted octanol–water partition coefficient (Wildman–Crippen LogP) is 2.71. The van der Waals surface area contributed by atoms with Crippen LogP contribution in [0, 0.1) is 11.8 Å².